The number of benzene rings is 2. The number of hydrogen-bond acceptors (Lipinski definition) is 4. The SMILES string of the molecule is CC1CN(c2ccc(O)cc2)CC2(CCN(CCc3ccccc3)CC2)O1. The Labute approximate surface area is 162 Å². The smallest absolute Gasteiger partial charge is 0.115 e. The maximum Gasteiger partial charge on any atom is 0.115 e. The van der Waals surface area contributed by atoms with Crippen molar-refractivity contribution in [1.29, 1.82) is 0 Å². The monoisotopic (exact) mass is 366 g/mol. The molecule has 2 aliphatic rings. The highest BCUT2D eigenvalue weighted by Gasteiger charge is 2.41. The van der Waals surface area contributed by atoms with Gasteiger partial charge in [0, 0.05) is 38.4 Å². The summed E-state index contributed by atoms with van der Waals surface area (Å²) in [6, 6.07) is 18.3. The Bertz CT molecular complexity index is 724. The fraction of sp³-hybridized carbons (Fsp3) is 0.478. The van der Waals surface area contributed by atoms with E-state index in [2.05, 4.69) is 47.1 Å². The van der Waals surface area contributed by atoms with Gasteiger partial charge in [0.25, 0.3) is 0 Å². The minimum absolute atomic E-state index is 0.0429. The minimum Gasteiger partial charge on any atom is -0.508 e. The van der Waals surface area contributed by atoms with Gasteiger partial charge in [-0.05, 0) is 56.0 Å². The molecule has 2 fully saturated rings. The summed E-state index contributed by atoms with van der Waals surface area (Å²) in [6.45, 7) is 7.35. The van der Waals surface area contributed by atoms with Crippen molar-refractivity contribution in [2.75, 3.05) is 37.6 Å². The van der Waals surface area contributed by atoms with E-state index in [1.807, 2.05) is 12.1 Å². The Morgan fingerprint density at radius 2 is 1.74 bits per heavy atom. The van der Waals surface area contributed by atoms with Gasteiger partial charge in [-0.3, -0.25) is 0 Å². The lowest BCUT2D eigenvalue weighted by Gasteiger charge is -2.50. The second-order valence-corrected chi connectivity index (χ2v) is 8.09. The Balaban J connectivity index is 1.35. The highest BCUT2D eigenvalue weighted by atomic mass is 16.5. The molecular formula is C23H30N2O2. The van der Waals surface area contributed by atoms with Crippen LogP contribution in [-0.4, -0.2) is 54.4 Å². The molecular weight excluding hydrogens is 336 g/mol. The third kappa shape index (κ3) is 4.45. The molecule has 2 aliphatic heterocycles. The van der Waals surface area contributed by atoms with E-state index in [1.165, 1.54) is 11.3 Å². The summed E-state index contributed by atoms with van der Waals surface area (Å²) in [5, 5.41) is 9.56. The summed E-state index contributed by atoms with van der Waals surface area (Å²) in [5.74, 6) is 0.321. The van der Waals surface area contributed by atoms with Gasteiger partial charge in [0.05, 0.1) is 11.7 Å². The fourth-order valence-electron chi connectivity index (χ4n) is 4.48. The number of morpholine rings is 1. The molecule has 1 N–H and O–H groups in total. The van der Waals surface area contributed by atoms with Crippen molar-refractivity contribution in [2.24, 2.45) is 0 Å². The molecule has 2 saturated heterocycles. The zero-order valence-electron chi connectivity index (χ0n) is 16.2. The lowest BCUT2D eigenvalue weighted by molar-refractivity contribution is -0.126. The molecule has 1 unspecified atom stereocenters. The molecule has 2 aromatic rings. The summed E-state index contributed by atoms with van der Waals surface area (Å²) in [5.41, 5.74) is 2.55. The van der Waals surface area contributed by atoms with Crippen molar-refractivity contribution >= 4 is 5.69 Å². The molecule has 4 heteroatoms. The number of nitrogens with zero attached hydrogens (tertiary/aromatic N) is 2. The highest BCUT2D eigenvalue weighted by Crippen LogP contribution is 2.34. The van der Waals surface area contributed by atoms with Crippen LogP contribution in [0.2, 0.25) is 0 Å². The van der Waals surface area contributed by atoms with E-state index in [0.29, 0.717) is 5.75 Å². The van der Waals surface area contributed by atoms with Gasteiger partial charge in [-0.25, -0.2) is 0 Å². The van der Waals surface area contributed by atoms with E-state index in [0.717, 1.165) is 52.0 Å². The van der Waals surface area contributed by atoms with Crippen LogP contribution in [0.25, 0.3) is 0 Å². The standard InChI is InChI=1S/C23H30N2O2/c1-19-17-25(21-7-9-22(26)10-8-21)18-23(27-19)12-15-24(16-13-23)14-11-20-5-3-2-4-6-20/h2-10,19,26H,11-18H2,1H3. The van der Waals surface area contributed by atoms with Gasteiger partial charge in [0.2, 0.25) is 0 Å². The number of rotatable bonds is 4. The normalized spacial score (nSPS) is 22.9. The van der Waals surface area contributed by atoms with Crippen molar-refractivity contribution in [3.8, 4) is 5.75 Å². The number of hydrogen-bond donors (Lipinski definition) is 1. The molecule has 0 radical (unpaired) electrons. The molecule has 1 atom stereocenters. The van der Waals surface area contributed by atoms with Crippen LogP contribution in [0.15, 0.2) is 54.6 Å². The molecule has 0 amide bonds. The first-order chi connectivity index (χ1) is 13.1. The Morgan fingerprint density at radius 3 is 2.44 bits per heavy atom. The summed E-state index contributed by atoms with van der Waals surface area (Å²) >= 11 is 0. The minimum atomic E-state index is -0.0429. The van der Waals surface area contributed by atoms with Crippen LogP contribution in [-0.2, 0) is 11.2 Å². The maximum absolute atomic E-state index is 9.56. The number of likely N-dealkylation sites (tertiary alicyclic amines) is 1. The van der Waals surface area contributed by atoms with Crippen LogP contribution in [0, 0.1) is 0 Å². The van der Waals surface area contributed by atoms with Gasteiger partial charge in [-0.15, -0.1) is 0 Å². The largest absolute Gasteiger partial charge is 0.508 e. The number of aromatic hydroxyl groups is 1. The number of phenolic OH excluding ortho intramolecular Hbond substituents is 1. The van der Waals surface area contributed by atoms with Gasteiger partial charge >= 0.3 is 0 Å². The molecule has 0 aromatic heterocycles. The first-order valence-corrected chi connectivity index (χ1v) is 10.1. The lowest BCUT2D eigenvalue weighted by atomic mass is 9.88. The molecule has 27 heavy (non-hydrogen) atoms. The summed E-state index contributed by atoms with van der Waals surface area (Å²) < 4.78 is 6.48. The second-order valence-electron chi connectivity index (χ2n) is 8.09. The first kappa shape index (κ1) is 18.3. The second kappa shape index (κ2) is 7.91. The van der Waals surface area contributed by atoms with Crippen LogP contribution in [0.4, 0.5) is 5.69 Å². The number of anilines is 1. The molecule has 2 aromatic carbocycles. The number of piperidine rings is 1. The molecule has 1 spiro atoms. The first-order valence-electron chi connectivity index (χ1n) is 10.1. The van der Waals surface area contributed by atoms with Crippen LogP contribution >= 0.6 is 0 Å². The van der Waals surface area contributed by atoms with E-state index < -0.39 is 0 Å². The van der Waals surface area contributed by atoms with E-state index in [1.54, 1.807) is 12.1 Å². The van der Waals surface area contributed by atoms with Crippen molar-refractivity contribution in [2.45, 2.75) is 37.9 Å². The molecule has 0 bridgehead atoms. The van der Waals surface area contributed by atoms with Crippen molar-refractivity contribution < 1.29 is 9.84 Å². The van der Waals surface area contributed by atoms with Crippen LogP contribution in [0.3, 0.4) is 0 Å². The van der Waals surface area contributed by atoms with E-state index in [4.69, 9.17) is 4.74 Å². The third-order valence-corrected chi connectivity index (χ3v) is 5.95. The van der Waals surface area contributed by atoms with Gasteiger partial charge in [0.15, 0.2) is 0 Å². The zero-order chi connectivity index (χ0) is 18.7. The molecule has 2 heterocycles. The fourth-order valence-corrected chi connectivity index (χ4v) is 4.48. The van der Waals surface area contributed by atoms with Crippen LogP contribution < -0.4 is 4.90 Å². The van der Waals surface area contributed by atoms with Crippen LogP contribution in [0.1, 0.15) is 25.3 Å². The predicted molar refractivity (Wildman–Crippen MR) is 109 cm³/mol. The number of phenols is 1. The van der Waals surface area contributed by atoms with Crippen LogP contribution in [0.5, 0.6) is 5.75 Å². The third-order valence-electron chi connectivity index (χ3n) is 5.95. The molecule has 4 nitrogen and oxygen atoms in total. The zero-order valence-corrected chi connectivity index (χ0v) is 16.2. The number of ether oxygens (including phenoxy) is 1. The summed E-state index contributed by atoms with van der Waals surface area (Å²) in [7, 11) is 0. The average Bonchev–Trinajstić information content (AvgIpc) is 2.68. The van der Waals surface area contributed by atoms with Gasteiger partial charge < -0.3 is 19.6 Å². The molecule has 0 aliphatic carbocycles. The molecule has 144 valence electrons. The van der Waals surface area contributed by atoms with Crippen molar-refractivity contribution in [1.82, 2.24) is 4.90 Å². The lowest BCUT2D eigenvalue weighted by Crippen LogP contribution is -2.59. The predicted octanol–water partition coefficient (Wildman–Crippen LogP) is 3.69. The van der Waals surface area contributed by atoms with E-state index >= 15 is 0 Å². The van der Waals surface area contributed by atoms with Gasteiger partial charge in [-0.1, -0.05) is 30.3 Å². The van der Waals surface area contributed by atoms with Gasteiger partial charge in [0.1, 0.15) is 5.75 Å². The maximum atomic E-state index is 9.56. The van der Waals surface area contributed by atoms with Crippen molar-refractivity contribution in [3.63, 3.8) is 0 Å². The van der Waals surface area contributed by atoms with Crippen molar-refractivity contribution in [3.05, 3.63) is 60.2 Å². The Kier molecular flexibility index (Phi) is 5.37. The highest BCUT2D eigenvalue weighted by molar-refractivity contribution is 5.49. The topological polar surface area (TPSA) is 35.9 Å². The van der Waals surface area contributed by atoms with E-state index in [-0.39, 0.29) is 11.7 Å². The summed E-state index contributed by atoms with van der Waals surface area (Å²) in [6.07, 6.45) is 3.51. The Morgan fingerprint density at radius 1 is 1.04 bits per heavy atom. The quantitative estimate of drug-likeness (QED) is 0.895. The van der Waals surface area contributed by atoms with Gasteiger partial charge in [-0.2, -0.15) is 0 Å². The molecule has 0 saturated carbocycles. The molecule has 4 rings (SSSR count). The summed E-state index contributed by atoms with van der Waals surface area (Å²) in [4.78, 5) is 5.00. The van der Waals surface area contributed by atoms with E-state index in [9.17, 15) is 5.11 Å². The Hall–Kier alpha value is -2.04. The average molecular weight is 367 g/mol.